The number of hydrogen-bond acceptors (Lipinski definition) is 2. The summed E-state index contributed by atoms with van der Waals surface area (Å²) in [5.74, 6) is 0.635. The van der Waals surface area contributed by atoms with E-state index in [1.165, 1.54) is 50.7 Å². The van der Waals surface area contributed by atoms with Gasteiger partial charge in [-0.05, 0) is 71.6 Å². The molecule has 3 aliphatic rings. The Bertz CT molecular complexity index is 1730. The summed E-state index contributed by atoms with van der Waals surface area (Å²) >= 11 is 0. The van der Waals surface area contributed by atoms with Crippen LogP contribution < -0.4 is 9.80 Å². The number of rotatable bonds is 6. The maximum Gasteiger partial charge on any atom is 0.0629 e. The molecular weight excluding hydrogens is 508 g/mol. The minimum absolute atomic E-state index is 0.166. The van der Waals surface area contributed by atoms with Crippen LogP contribution in [-0.2, 0) is 0 Å². The van der Waals surface area contributed by atoms with E-state index >= 15 is 0 Å². The average Bonchev–Trinajstić information content (AvgIpc) is 3.07. The zero-order chi connectivity index (χ0) is 27.9. The van der Waals surface area contributed by atoms with E-state index in [0.29, 0.717) is 5.92 Å². The fourth-order valence-corrected chi connectivity index (χ4v) is 7.10. The van der Waals surface area contributed by atoms with Gasteiger partial charge < -0.3 is 9.80 Å². The van der Waals surface area contributed by atoms with Gasteiger partial charge in [0.2, 0.25) is 0 Å². The lowest BCUT2D eigenvalue weighted by Gasteiger charge is -2.43. The fraction of sp³-hybridized carbons (Fsp3) is 0.100. The highest BCUT2D eigenvalue weighted by Gasteiger charge is 2.38. The Balaban J connectivity index is 1.28. The van der Waals surface area contributed by atoms with Crippen LogP contribution in [0, 0.1) is 0 Å². The molecule has 0 aromatic heterocycles. The van der Waals surface area contributed by atoms with Gasteiger partial charge in [0.1, 0.15) is 0 Å². The zero-order valence-corrected chi connectivity index (χ0v) is 23.4. The monoisotopic (exact) mass is 540 g/mol. The van der Waals surface area contributed by atoms with Crippen LogP contribution in [0.25, 0.3) is 11.8 Å². The Morgan fingerprint density at radius 2 is 1.05 bits per heavy atom. The van der Waals surface area contributed by atoms with Crippen molar-refractivity contribution in [1.82, 2.24) is 0 Å². The molecule has 2 nitrogen and oxygen atoms in total. The van der Waals surface area contributed by atoms with Gasteiger partial charge in [0, 0.05) is 45.8 Å². The molecule has 3 unspecified atom stereocenters. The van der Waals surface area contributed by atoms with Crippen LogP contribution in [0.4, 0.5) is 22.7 Å². The quantitative estimate of drug-likeness (QED) is 0.198. The standard InChI is InChI=1S/C40H32N2/c1-5-13-31(14-6-1)41(32-15-7-2-8-16-32)37-27-23-29-22-26-36-38(28-24-30-21-25-35(37)39(29)40(30)36)42(33-17-9-3-10-18-33)34-19-11-4-12-20-34/h1-23,25-28,30,35,37H,24H2. The van der Waals surface area contributed by atoms with E-state index in [9.17, 15) is 0 Å². The molecule has 0 saturated carbocycles. The molecule has 0 heterocycles. The first-order chi connectivity index (χ1) is 20.9. The summed E-state index contributed by atoms with van der Waals surface area (Å²) in [7, 11) is 0. The second-order valence-electron chi connectivity index (χ2n) is 11.3. The number of hydrogen-bond donors (Lipinski definition) is 0. The Kier molecular flexibility index (Phi) is 6.11. The van der Waals surface area contributed by atoms with Crippen LogP contribution in [0.1, 0.15) is 40.5 Å². The van der Waals surface area contributed by atoms with Crippen molar-refractivity contribution in [2.45, 2.75) is 24.3 Å². The highest BCUT2D eigenvalue weighted by atomic mass is 15.2. The van der Waals surface area contributed by atoms with Gasteiger partial charge in [-0.3, -0.25) is 0 Å². The number of allylic oxidation sites excluding steroid dienone is 2. The molecule has 42 heavy (non-hydrogen) atoms. The third-order valence-electron chi connectivity index (χ3n) is 8.89. The summed E-state index contributed by atoms with van der Waals surface area (Å²) in [4.78, 5) is 4.94. The summed E-state index contributed by atoms with van der Waals surface area (Å²) in [5.41, 5.74) is 11.7. The van der Waals surface area contributed by atoms with Crippen molar-refractivity contribution >= 4 is 34.5 Å². The van der Waals surface area contributed by atoms with E-state index in [-0.39, 0.29) is 12.0 Å². The van der Waals surface area contributed by atoms with E-state index in [2.05, 4.69) is 174 Å². The maximum atomic E-state index is 2.51. The fourth-order valence-electron chi connectivity index (χ4n) is 7.10. The van der Waals surface area contributed by atoms with Gasteiger partial charge in [-0.15, -0.1) is 0 Å². The number of nitrogens with zero attached hydrogens (tertiary/aromatic N) is 2. The molecule has 3 aliphatic carbocycles. The number of benzene rings is 5. The van der Waals surface area contributed by atoms with Crippen molar-refractivity contribution in [2.75, 3.05) is 9.80 Å². The predicted molar refractivity (Wildman–Crippen MR) is 177 cm³/mol. The molecule has 0 N–H and O–H groups in total. The van der Waals surface area contributed by atoms with Gasteiger partial charge in [-0.1, -0.05) is 115 Å². The zero-order valence-electron chi connectivity index (χ0n) is 23.4. The lowest BCUT2D eigenvalue weighted by atomic mass is 9.69. The van der Waals surface area contributed by atoms with Gasteiger partial charge in [-0.2, -0.15) is 0 Å². The molecule has 5 aromatic carbocycles. The minimum atomic E-state index is 0.166. The van der Waals surface area contributed by atoms with Crippen LogP contribution in [-0.4, -0.2) is 6.04 Å². The summed E-state index contributed by atoms with van der Waals surface area (Å²) in [6.45, 7) is 0. The molecule has 0 bridgehead atoms. The van der Waals surface area contributed by atoms with Crippen LogP contribution in [0.5, 0.6) is 0 Å². The normalized spacial score (nSPS) is 19.5. The van der Waals surface area contributed by atoms with Crippen molar-refractivity contribution in [3.05, 3.63) is 180 Å². The van der Waals surface area contributed by atoms with Crippen molar-refractivity contribution in [3.63, 3.8) is 0 Å². The molecule has 5 aromatic rings. The van der Waals surface area contributed by atoms with Gasteiger partial charge in [0.25, 0.3) is 0 Å². The SMILES string of the molecule is C1=CC(N(c2ccccc2)c2ccccc2)C2C=CC3CC=C(N(c4ccccc4)c4ccccc4)c4ccc1c2c43. The molecular formula is C40H32N2. The number of anilines is 4. The molecule has 8 rings (SSSR count). The number of para-hydroxylation sites is 4. The van der Waals surface area contributed by atoms with Crippen LogP contribution in [0.2, 0.25) is 0 Å². The molecule has 0 aliphatic heterocycles. The molecule has 0 radical (unpaired) electrons. The third kappa shape index (κ3) is 4.11. The Morgan fingerprint density at radius 3 is 1.62 bits per heavy atom. The first kappa shape index (κ1) is 24.7. The second-order valence-corrected chi connectivity index (χ2v) is 11.3. The summed E-state index contributed by atoms with van der Waals surface area (Å²) in [5, 5.41) is 0. The average molecular weight is 541 g/mol. The van der Waals surface area contributed by atoms with E-state index in [0.717, 1.165) is 6.42 Å². The summed E-state index contributed by atoms with van der Waals surface area (Å²) in [6.07, 6.45) is 13.2. The first-order valence-corrected chi connectivity index (χ1v) is 14.9. The molecule has 2 heteroatoms. The minimum Gasteiger partial charge on any atom is -0.334 e. The molecule has 0 spiro atoms. The molecule has 3 atom stereocenters. The molecule has 0 amide bonds. The maximum absolute atomic E-state index is 2.51. The Labute approximate surface area is 248 Å². The topological polar surface area (TPSA) is 6.48 Å². The first-order valence-electron chi connectivity index (χ1n) is 14.9. The van der Waals surface area contributed by atoms with Crippen LogP contribution >= 0.6 is 0 Å². The van der Waals surface area contributed by atoms with Gasteiger partial charge in [0.15, 0.2) is 0 Å². The van der Waals surface area contributed by atoms with Crippen molar-refractivity contribution in [1.29, 1.82) is 0 Å². The van der Waals surface area contributed by atoms with E-state index in [1.54, 1.807) is 0 Å². The van der Waals surface area contributed by atoms with Gasteiger partial charge in [-0.25, -0.2) is 0 Å². The van der Waals surface area contributed by atoms with Crippen molar-refractivity contribution in [3.8, 4) is 0 Å². The van der Waals surface area contributed by atoms with E-state index in [4.69, 9.17) is 0 Å². The molecule has 202 valence electrons. The third-order valence-corrected chi connectivity index (χ3v) is 8.89. The van der Waals surface area contributed by atoms with Crippen molar-refractivity contribution in [2.24, 2.45) is 0 Å². The Hall–Kier alpha value is -5.08. The molecule has 0 fully saturated rings. The smallest absolute Gasteiger partial charge is 0.0629 e. The lowest BCUT2D eigenvalue weighted by molar-refractivity contribution is 0.651. The van der Waals surface area contributed by atoms with E-state index in [1.807, 2.05) is 0 Å². The molecule has 0 saturated heterocycles. The van der Waals surface area contributed by atoms with Gasteiger partial charge >= 0.3 is 0 Å². The predicted octanol–water partition coefficient (Wildman–Crippen LogP) is 10.2. The lowest BCUT2D eigenvalue weighted by Crippen LogP contribution is -2.38. The van der Waals surface area contributed by atoms with E-state index < -0.39 is 0 Å². The second kappa shape index (κ2) is 10.4. The largest absolute Gasteiger partial charge is 0.334 e. The van der Waals surface area contributed by atoms with Crippen LogP contribution in [0.15, 0.2) is 158 Å². The highest BCUT2D eigenvalue weighted by Crippen LogP contribution is 2.51. The van der Waals surface area contributed by atoms with Crippen molar-refractivity contribution < 1.29 is 0 Å². The Morgan fingerprint density at radius 1 is 0.500 bits per heavy atom. The highest BCUT2D eigenvalue weighted by molar-refractivity contribution is 5.91. The van der Waals surface area contributed by atoms with Crippen LogP contribution in [0.3, 0.4) is 0 Å². The summed E-state index contributed by atoms with van der Waals surface area (Å²) in [6, 6.07) is 48.1. The van der Waals surface area contributed by atoms with Gasteiger partial charge in [0.05, 0.1) is 6.04 Å². The summed E-state index contributed by atoms with van der Waals surface area (Å²) < 4.78 is 0.